The number of amides is 1. The van der Waals surface area contributed by atoms with Crippen LogP contribution in [0.15, 0.2) is 60.8 Å². The van der Waals surface area contributed by atoms with Crippen LogP contribution in [0.2, 0.25) is 0 Å². The number of carbonyl (C=O) groups excluding carboxylic acids is 2. The van der Waals surface area contributed by atoms with Gasteiger partial charge in [0.2, 0.25) is 0 Å². The Hall–Kier alpha value is -6.23. The molecule has 10 rings (SSSR count). The predicted octanol–water partition coefficient (Wildman–Crippen LogP) is 7.46. The highest BCUT2D eigenvalue weighted by molar-refractivity contribution is 6.02. The quantitative estimate of drug-likeness (QED) is 0.0777. The van der Waals surface area contributed by atoms with Crippen LogP contribution in [0.4, 0.5) is 29.9 Å². The zero-order valence-electron chi connectivity index (χ0n) is 32.2. The number of nitro benzene ring substituents is 1. The van der Waals surface area contributed by atoms with Crippen molar-refractivity contribution < 1.29 is 42.2 Å². The highest BCUT2D eigenvalue weighted by atomic mass is 19.1. The van der Waals surface area contributed by atoms with Crippen LogP contribution in [0, 0.1) is 15.9 Å². The van der Waals surface area contributed by atoms with E-state index in [4.69, 9.17) is 23.9 Å². The van der Waals surface area contributed by atoms with E-state index in [1.807, 2.05) is 12.1 Å². The summed E-state index contributed by atoms with van der Waals surface area (Å²) in [6.07, 6.45) is 3.12. The zero-order chi connectivity index (χ0) is 40.9. The van der Waals surface area contributed by atoms with Crippen LogP contribution in [-0.4, -0.2) is 93.7 Å². The van der Waals surface area contributed by atoms with Gasteiger partial charge in [-0.3, -0.25) is 20.0 Å². The van der Waals surface area contributed by atoms with Crippen molar-refractivity contribution in [1.29, 1.82) is 0 Å². The van der Waals surface area contributed by atoms with Gasteiger partial charge in [0.05, 0.1) is 34.5 Å². The van der Waals surface area contributed by atoms with Gasteiger partial charge in [-0.1, -0.05) is 18.2 Å². The molecule has 5 aromatic rings. The Kier molecular flexibility index (Phi) is 9.85. The van der Waals surface area contributed by atoms with E-state index in [9.17, 15) is 19.7 Å². The minimum absolute atomic E-state index is 0.00896. The largest absolute Gasteiger partial charge is 0.519 e. The van der Waals surface area contributed by atoms with Gasteiger partial charge in [-0.25, -0.2) is 18.4 Å². The first-order valence-corrected chi connectivity index (χ1v) is 19.7. The molecule has 0 radical (unpaired) electrons. The molecule has 2 atom stereocenters. The number of nitrogens with zero attached hydrogens (tertiary/aromatic N) is 6. The van der Waals surface area contributed by atoms with Gasteiger partial charge < -0.3 is 29.2 Å². The van der Waals surface area contributed by atoms with Crippen LogP contribution >= 0.6 is 0 Å². The van der Waals surface area contributed by atoms with Crippen molar-refractivity contribution in [3.8, 4) is 28.8 Å². The Balaban J connectivity index is 1.17. The topological polar surface area (TPSA) is 171 Å². The first-order valence-electron chi connectivity index (χ1n) is 19.7. The number of hydrogen-bond donors (Lipinski definition) is 1. The van der Waals surface area contributed by atoms with Crippen LogP contribution in [0.25, 0.3) is 32.9 Å². The summed E-state index contributed by atoms with van der Waals surface area (Å²) < 4.78 is 56.1. The van der Waals surface area contributed by atoms with Crippen LogP contribution in [0.5, 0.6) is 17.5 Å². The lowest BCUT2D eigenvalue weighted by atomic mass is 9.90. The normalized spacial score (nSPS) is 21.5. The number of piperidine rings is 1. The molecule has 3 fully saturated rings. The molecule has 17 heteroatoms. The Morgan fingerprint density at radius 1 is 1.07 bits per heavy atom. The summed E-state index contributed by atoms with van der Waals surface area (Å²) in [5.74, 6) is -0.563. The molecule has 7 heterocycles. The zero-order valence-corrected chi connectivity index (χ0v) is 32.2. The molecule has 0 spiro atoms. The SMILES string of the molecule is CC12CC(F)CN(C1)c1nc(OCC34CCCN3CCC4)nc3c(F)c(ncc13)-c1cc(OC(=O)Oc3ccc([N+](=O)[O-])cc3)cc3cccc(c13)CCCOC(=O)N2. The fourth-order valence-electron chi connectivity index (χ4n) is 9.26. The lowest BCUT2D eigenvalue weighted by Crippen LogP contribution is -2.60. The monoisotopic (exact) mass is 809 g/mol. The molecule has 0 aliphatic carbocycles. The van der Waals surface area contributed by atoms with Crippen LogP contribution in [0.1, 0.15) is 51.0 Å². The van der Waals surface area contributed by atoms with Crippen molar-refractivity contribution in [2.45, 2.75) is 69.1 Å². The number of hydrogen-bond acceptors (Lipinski definition) is 13. The molecule has 306 valence electrons. The number of ether oxygens (including phenoxy) is 4. The van der Waals surface area contributed by atoms with Gasteiger partial charge in [0.15, 0.2) is 5.82 Å². The minimum Gasteiger partial charge on any atom is -0.461 e. The number of carbonyl (C=O) groups is 2. The predicted molar refractivity (Wildman–Crippen MR) is 211 cm³/mol. The summed E-state index contributed by atoms with van der Waals surface area (Å²) in [5, 5.41) is 15.4. The molecular weight excluding hydrogens is 768 g/mol. The van der Waals surface area contributed by atoms with E-state index >= 15 is 8.78 Å². The smallest absolute Gasteiger partial charge is 0.461 e. The number of nitrogens with one attached hydrogen (secondary N) is 1. The first kappa shape index (κ1) is 38.3. The second-order valence-electron chi connectivity index (χ2n) is 16.0. The lowest BCUT2D eigenvalue weighted by Gasteiger charge is -2.42. The van der Waals surface area contributed by atoms with Gasteiger partial charge in [0.1, 0.15) is 41.3 Å². The fraction of sp³-hybridized carbons (Fsp3) is 0.405. The molecule has 6 bridgehead atoms. The van der Waals surface area contributed by atoms with Crippen LogP contribution < -0.4 is 24.4 Å². The first-order chi connectivity index (χ1) is 28.5. The molecule has 2 aromatic heterocycles. The molecule has 1 amide bonds. The van der Waals surface area contributed by atoms with Crippen molar-refractivity contribution in [2.75, 3.05) is 44.3 Å². The average molecular weight is 810 g/mol. The average Bonchev–Trinajstić information content (AvgIpc) is 3.79. The second-order valence-corrected chi connectivity index (χ2v) is 16.0. The number of rotatable bonds is 6. The van der Waals surface area contributed by atoms with E-state index in [0.29, 0.717) is 30.2 Å². The molecule has 15 nitrogen and oxygen atoms in total. The van der Waals surface area contributed by atoms with E-state index < -0.39 is 34.7 Å². The van der Waals surface area contributed by atoms with Crippen molar-refractivity contribution >= 4 is 45.4 Å². The third kappa shape index (κ3) is 7.50. The maximum absolute atomic E-state index is 17.5. The van der Waals surface area contributed by atoms with Crippen LogP contribution in [0.3, 0.4) is 0 Å². The third-order valence-corrected chi connectivity index (χ3v) is 11.8. The molecular formula is C42H41F2N7O8. The molecule has 5 aliphatic heterocycles. The minimum atomic E-state index is -1.37. The molecule has 2 unspecified atom stereocenters. The molecule has 3 saturated heterocycles. The van der Waals surface area contributed by atoms with Gasteiger partial charge in [0, 0.05) is 36.9 Å². The number of non-ortho nitro benzene ring substituents is 1. The number of fused-ring (bicyclic) bond motifs is 7. The third-order valence-electron chi connectivity index (χ3n) is 11.8. The summed E-state index contributed by atoms with van der Waals surface area (Å²) in [7, 11) is 0. The van der Waals surface area contributed by atoms with Gasteiger partial charge in [0.25, 0.3) is 5.69 Å². The number of aryl methyl sites for hydroxylation is 1. The van der Waals surface area contributed by atoms with Gasteiger partial charge in [-0.2, -0.15) is 9.97 Å². The van der Waals surface area contributed by atoms with Crippen molar-refractivity contribution in [3.05, 3.63) is 82.3 Å². The molecule has 5 aliphatic rings. The Morgan fingerprint density at radius 2 is 1.85 bits per heavy atom. The summed E-state index contributed by atoms with van der Waals surface area (Å²) >= 11 is 0. The number of alkyl carbamates (subject to hydrolysis) is 1. The van der Waals surface area contributed by atoms with Crippen molar-refractivity contribution in [2.24, 2.45) is 0 Å². The highest BCUT2D eigenvalue weighted by Crippen LogP contribution is 2.42. The van der Waals surface area contributed by atoms with E-state index in [1.165, 1.54) is 36.5 Å². The number of pyridine rings is 1. The second kappa shape index (κ2) is 15.2. The number of nitro groups is 1. The number of anilines is 1. The standard InChI is InChI=1S/C42H41F2N7O8/c1-41-20-27(43)22-49(23-41)37-32-21-45-35(34(44)36(32)46-38(47-37)57-24-42-13-4-15-50(42)16-5-14-42)31-19-30(59-40(53)58-29-11-9-28(10-12-29)51(54)55)18-26-7-2-6-25(33(26)31)8-3-17-56-39(52)48-41/h2,6-7,9-12,18-19,21,27H,3-5,8,13-17,20,22-24H2,1H3,(H,48,52). The number of alkyl halides is 1. The lowest BCUT2D eigenvalue weighted by molar-refractivity contribution is -0.384. The van der Waals surface area contributed by atoms with Gasteiger partial charge in [-0.15, -0.1) is 0 Å². The van der Waals surface area contributed by atoms with E-state index in [2.05, 4.69) is 20.2 Å². The van der Waals surface area contributed by atoms with Crippen molar-refractivity contribution in [1.82, 2.24) is 25.2 Å². The maximum atomic E-state index is 17.5. The summed E-state index contributed by atoms with van der Waals surface area (Å²) in [6, 6.07) is 13.4. The molecule has 1 N–H and O–H groups in total. The summed E-state index contributed by atoms with van der Waals surface area (Å²) in [6.45, 7) is 4.10. The number of halogens is 2. The Bertz CT molecular complexity index is 2480. The Morgan fingerprint density at radius 3 is 2.63 bits per heavy atom. The van der Waals surface area contributed by atoms with Crippen molar-refractivity contribution in [3.63, 3.8) is 0 Å². The highest BCUT2D eigenvalue weighted by Gasteiger charge is 2.45. The van der Waals surface area contributed by atoms with Gasteiger partial charge in [-0.05, 0) is 99.1 Å². The molecule has 59 heavy (non-hydrogen) atoms. The van der Waals surface area contributed by atoms with E-state index in [1.54, 1.807) is 24.0 Å². The Labute approximate surface area is 336 Å². The summed E-state index contributed by atoms with van der Waals surface area (Å²) in [4.78, 5) is 54.9. The summed E-state index contributed by atoms with van der Waals surface area (Å²) in [5.41, 5.74) is -0.540. The van der Waals surface area contributed by atoms with E-state index in [-0.39, 0.29) is 82.8 Å². The number of benzene rings is 3. The van der Waals surface area contributed by atoms with Crippen LogP contribution in [-0.2, 0) is 11.2 Å². The van der Waals surface area contributed by atoms with E-state index in [0.717, 1.165) is 44.3 Å². The maximum Gasteiger partial charge on any atom is 0.519 e. The van der Waals surface area contributed by atoms with Gasteiger partial charge >= 0.3 is 18.3 Å². The molecule has 0 saturated carbocycles. The number of aromatic nitrogens is 3. The fourth-order valence-corrected chi connectivity index (χ4v) is 9.26. The molecule has 3 aromatic carbocycles.